The third kappa shape index (κ3) is 5.05. The number of fused-ring (bicyclic) bond motifs is 1. The van der Waals surface area contributed by atoms with Gasteiger partial charge in [-0.3, -0.25) is 0 Å². The van der Waals surface area contributed by atoms with Crippen molar-refractivity contribution in [1.29, 1.82) is 0 Å². The van der Waals surface area contributed by atoms with Crippen LogP contribution >= 0.6 is 20.2 Å². The van der Waals surface area contributed by atoms with Crippen LogP contribution < -0.4 is 14.2 Å². The van der Waals surface area contributed by atoms with Gasteiger partial charge in [0, 0.05) is 30.4 Å². The molecule has 170 valence electrons. The zero-order valence-corrected chi connectivity index (χ0v) is 19.1. The number of hydrogen-bond acceptors (Lipinski definition) is 7. The van der Waals surface area contributed by atoms with Crippen molar-refractivity contribution in [3.8, 4) is 28.6 Å². The second kappa shape index (κ2) is 9.55. The first kappa shape index (κ1) is 21.9. The molecule has 0 atom stereocenters. The summed E-state index contributed by atoms with van der Waals surface area (Å²) in [6.45, 7) is 3.27. The number of anilines is 1. The number of aromatic nitrogens is 2. The maximum absolute atomic E-state index is 9.03. The molecule has 2 heterocycles. The predicted molar refractivity (Wildman–Crippen MR) is 128 cm³/mol. The number of imidazole rings is 1. The summed E-state index contributed by atoms with van der Waals surface area (Å²) in [7, 11) is -2.50. The Morgan fingerprint density at radius 3 is 2.52 bits per heavy atom. The summed E-state index contributed by atoms with van der Waals surface area (Å²) < 4.78 is 16.1. The maximum Gasteiger partial charge on any atom is 0.391 e. The van der Waals surface area contributed by atoms with Crippen LogP contribution in [0.15, 0.2) is 60.7 Å². The van der Waals surface area contributed by atoms with Crippen molar-refractivity contribution < 1.29 is 23.8 Å². The molecule has 5 rings (SSSR count). The van der Waals surface area contributed by atoms with Gasteiger partial charge >= 0.3 is 8.60 Å². The molecule has 0 spiro atoms. The van der Waals surface area contributed by atoms with Crippen molar-refractivity contribution in [2.45, 2.75) is 0 Å². The first-order chi connectivity index (χ1) is 16.0. The Bertz CT molecular complexity index is 1260. The number of benzene rings is 3. The molecular formula is C23H21ClN3O5P. The van der Waals surface area contributed by atoms with Crippen LogP contribution in [0.3, 0.4) is 0 Å². The highest BCUT2D eigenvalue weighted by atomic mass is 35.5. The van der Waals surface area contributed by atoms with Gasteiger partial charge in [-0.1, -0.05) is 29.8 Å². The molecule has 0 amide bonds. The summed E-state index contributed by atoms with van der Waals surface area (Å²) in [4.78, 5) is 28.0. The minimum absolute atomic E-state index is 0.283. The van der Waals surface area contributed by atoms with Gasteiger partial charge in [-0.25, -0.2) is 0 Å². The second-order valence-electron chi connectivity index (χ2n) is 7.46. The van der Waals surface area contributed by atoms with Crippen molar-refractivity contribution >= 4 is 36.9 Å². The van der Waals surface area contributed by atoms with Gasteiger partial charge in [-0.15, -0.1) is 0 Å². The van der Waals surface area contributed by atoms with Crippen LogP contribution in [-0.2, 0) is 4.74 Å². The second-order valence-corrected chi connectivity index (χ2v) is 8.55. The van der Waals surface area contributed by atoms with Crippen molar-refractivity contribution in [3.63, 3.8) is 0 Å². The highest BCUT2D eigenvalue weighted by Gasteiger charge is 2.14. The molecule has 4 aromatic rings. The topological polar surface area (TPSA) is 100 Å². The number of nitrogens with one attached hydrogen (secondary N) is 1. The standard InChI is InChI=1S/C23H21ClN3O5P/c24-20-14-22-21(25-23(26-22)31-17-2-1-3-18(12-17)32-33(28)29)13-19(20)15-4-6-16(7-5-15)27-8-10-30-11-9-27/h1-7,12-14,28-29H,8-11H2,(H,25,26). The normalized spacial score (nSPS) is 14.1. The van der Waals surface area contributed by atoms with Gasteiger partial charge in [-0.05, 0) is 42.0 Å². The lowest BCUT2D eigenvalue weighted by atomic mass is 10.0. The molecule has 0 radical (unpaired) electrons. The molecule has 0 aliphatic carbocycles. The Morgan fingerprint density at radius 2 is 1.76 bits per heavy atom. The summed E-state index contributed by atoms with van der Waals surface area (Å²) in [5.74, 6) is 0.721. The van der Waals surface area contributed by atoms with Gasteiger partial charge in [0.15, 0.2) is 0 Å². The summed E-state index contributed by atoms with van der Waals surface area (Å²) in [6.07, 6.45) is 0. The summed E-state index contributed by atoms with van der Waals surface area (Å²) in [5.41, 5.74) is 4.49. The Morgan fingerprint density at radius 1 is 1.00 bits per heavy atom. The molecule has 1 aliphatic heterocycles. The lowest BCUT2D eigenvalue weighted by Gasteiger charge is -2.29. The fourth-order valence-corrected chi connectivity index (χ4v) is 4.33. The molecule has 0 bridgehead atoms. The number of hydrogen-bond donors (Lipinski definition) is 3. The Kier molecular flexibility index (Phi) is 6.35. The number of halogens is 1. The number of morpholine rings is 1. The number of ether oxygens (including phenoxy) is 2. The molecule has 1 aromatic heterocycles. The molecule has 3 N–H and O–H groups in total. The van der Waals surface area contributed by atoms with Crippen LogP contribution in [-0.4, -0.2) is 46.1 Å². The first-order valence-corrected chi connectivity index (χ1v) is 11.9. The maximum atomic E-state index is 9.03. The van der Waals surface area contributed by atoms with Crippen LogP contribution in [0.1, 0.15) is 0 Å². The molecule has 1 fully saturated rings. The smallest absolute Gasteiger partial charge is 0.391 e. The van der Waals surface area contributed by atoms with Gasteiger partial charge in [-0.2, -0.15) is 4.98 Å². The third-order valence-electron chi connectivity index (χ3n) is 5.31. The van der Waals surface area contributed by atoms with Crippen molar-refractivity contribution in [1.82, 2.24) is 9.97 Å². The highest BCUT2D eigenvalue weighted by molar-refractivity contribution is 7.39. The van der Waals surface area contributed by atoms with Crippen molar-refractivity contribution in [3.05, 3.63) is 65.7 Å². The summed E-state index contributed by atoms with van der Waals surface area (Å²) in [5, 5.41) is 0.603. The van der Waals surface area contributed by atoms with E-state index in [9.17, 15) is 0 Å². The molecule has 3 aromatic carbocycles. The Labute approximate surface area is 196 Å². The first-order valence-electron chi connectivity index (χ1n) is 10.3. The number of H-pyrrole nitrogens is 1. The third-order valence-corrected chi connectivity index (χ3v) is 6.00. The zero-order valence-electron chi connectivity index (χ0n) is 17.4. The number of aromatic amines is 1. The molecular weight excluding hydrogens is 465 g/mol. The molecule has 10 heteroatoms. The van der Waals surface area contributed by atoms with Gasteiger partial charge in [0.2, 0.25) is 0 Å². The van der Waals surface area contributed by atoms with Crippen LogP contribution in [0.2, 0.25) is 5.02 Å². The molecule has 8 nitrogen and oxygen atoms in total. The largest absolute Gasteiger partial charge is 0.427 e. The van der Waals surface area contributed by atoms with Crippen LogP contribution in [0.4, 0.5) is 5.69 Å². The average molecular weight is 486 g/mol. The fraction of sp³-hybridized carbons (Fsp3) is 0.174. The minimum Gasteiger partial charge on any atom is -0.427 e. The Balaban J connectivity index is 1.38. The molecule has 0 unspecified atom stereocenters. The van der Waals surface area contributed by atoms with E-state index >= 15 is 0 Å². The van der Waals surface area contributed by atoms with E-state index in [0.29, 0.717) is 16.3 Å². The van der Waals surface area contributed by atoms with E-state index in [2.05, 4.69) is 39.1 Å². The summed E-state index contributed by atoms with van der Waals surface area (Å²) in [6, 6.07) is 18.9. The minimum atomic E-state index is -2.50. The SMILES string of the molecule is OP(O)Oc1cccc(Oc2nc3cc(-c4ccc(N5CCOCC5)cc4)c(Cl)cc3[nH]2)c1. The van der Waals surface area contributed by atoms with Gasteiger partial charge in [0.05, 0.1) is 29.3 Å². The molecule has 0 saturated carbocycles. The quantitative estimate of drug-likeness (QED) is 0.327. The van der Waals surface area contributed by atoms with Crippen molar-refractivity contribution in [2.75, 3.05) is 31.2 Å². The van der Waals surface area contributed by atoms with Crippen LogP contribution in [0, 0.1) is 0 Å². The van der Waals surface area contributed by atoms with E-state index in [-0.39, 0.29) is 11.8 Å². The average Bonchev–Trinajstić information content (AvgIpc) is 3.20. The van der Waals surface area contributed by atoms with E-state index < -0.39 is 8.60 Å². The van der Waals surface area contributed by atoms with Crippen LogP contribution in [0.5, 0.6) is 17.5 Å². The number of nitrogens with zero attached hydrogens (tertiary/aromatic N) is 2. The molecule has 1 aliphatic rings. The molecule has 1 saturated heterocycles. The number of rotatable bonds is 6. The van der Waals surface area contributed by atoms with Gasteiger partial charge in [0.1, 0.15) is 11.5 Å². The predicted octanol–water partition coefficient (Wildman–Crippen LogP) is 5.10. The van der Waals surface area contributed by atoms with Crippen LogP contribution in [0.25, 0.3) is 22.2 Å². The monoisotopic (exact) mass is 485 g/mol. The molecule has 33 heavy (non-hydrogen) atoms. The lowest BCUT2D eigenvalue weighted by Crippen LogP contribution is -2.36. The van der Waals surface area contributed by atoms with E-state index in [1.165, 1.54) is 0 Å². The van der Waals surface area contributed by atoms with E-state index in [1.54, 1.807) is 24.3 Å². The highest BCUT2D eigenvalue weighted by Crippen LogP contribution is 2.35. The van der Waals surface area contributed by atoms with Gasteiger partial charge in [0.25, 0.3) is 6.01 Å². The van der Waals surface area contributed by atoms with E-state index in [0.717, 1.165) is 48.6 Å². The van der Waals surface area contributed by atoms with Crippen molar-refractivity contribution in [2.24, 2.45) is 0 Å². The van der Waals surface area contributed by atoms with E-state index in [1.807, 2.05) is 12.1 Å². The Hall–Kier alpha value is -2.87. The lowest BCUT2D eigenvalue weighted by molar-refractivity contribution is 0.122. The van der Waals surface area contributed by atoms with E-state index in [4.69, 9.17) is 35.4 Å². The zero-order chi connectivity index (χ0) is 22.8. The summed E-state index contributed by atoms with van der Waals surface area (Å²) >= 11 is 6.59. The fourth-order valence-electron chi connectivity index (χ4n) is 3.75. The van der Waals surface area contributed by atoms with Gasteiger partial charge < -0.3 is 33.7 Å².